The van der Waals surface area contributed by atoms with Crippen molar-refractivity contribution in [1.29, 1.82) is 0 Å². The van der Waals surface area contributed by atoms with Crippen LogP contribution in [0.1, 0.15) is 47.0 Å². The van der Waals surface area contributed by atoms with Crippen LogP contribution >= 0.6 is 0 Å². The van der Waals surface area contributed by atoms with Crippen LogP contribution in [-0.4, -0.2) is 38.5 Å². The lowest BCUT2D eigenvalue weighted by molar-refractivity contribution is -0.00383. The summed E-state index contributed by atoms with van der Waals surface area (Å²) in [6.45, 7) is 9.26. The lowest BCUT2D eigenvalue weighted by atomic mass is 9.95. The summed E-state index contributed by atoms with van der Waals surface area (Å²) in [5.41, 5.74) is -0.0421. The van der Waals surface area contributed by atoms with Gasteiger partial charge in [0.25, 0.3) is 0 Å². The molecule has 2 unspecified atom stereocenters. The molecule has 3 nitrogen and oxygen atoms in total. The molecule has 0 fully saturated rings. The molecule has 98 valence electrons. The molecule has 0 amide bonds. The Hall–Kier alpha value is -0.120. The molecule has 1 N–H and O–H groups in total. The molecule has 0 saturated carbocycles. The lowest BCUT2D eigenvalue weighted by Crippen LogP contribution is -2.40. The zero-order valence-corrected chi connectivity index (χ0v) is 11.8. The van der Waals surface area contributed by atoms with Crippen molar-refractivity contribution >= 4 is 0 Å². The zero-order valence-electron chi connectivity index (χ0n) is 11.8. The van der Waals surface area contributed by atoms with Crippen LogP contribution in [0.2, 0.25) is 0 Å². The van der Waals surface area contributed by atoms with Crippen LogP contribution in [0.5, 0.6) is 0 Å². The predicted molar refractivity (Wildman–Crippen MR) is 68.9 cm³/mol. The quantitative estimate of drug-likeness (QED) is 0.661. The first-order valence-electron chi connectivity index (χ1n) is 6.34. The van der Waals surface area contributed by atoms with Gasteiger partial charge in [0.1, 0.15) is 0 Å². The van der Waals surface area contributed by atoms with Gasteiger partial charge >= 0.3 is 0 Å². The van der Waals surface area contributed by atoms with E-state index in [1.165, 1.54) is 0 Å². The van der Waals surface area contributed by atoms with Gasteiger partial charge < -0.3 is 14.8 Å². The van der Waals surface area contributed by atoms with Crippen LogP contribution in [0.3, 0.4) is 0 Å². The Kier molecular flexibility index (Phi) is 7.98. The normalized spacial score (nSPS) is 16.1. The third kappa shape index (κ3) is 5.83. The van der Waals surface area contributed by atoms with Crippen LogP contribution in [0.4, 0.5) is 0 Å². The minimum atomic E-state index is -0.0421. The number of nitrogens with one attached hydrogen (secondary N) is 1. The standard InChI is InChI=1S/C13H29NO2/c1-7-12(16-8-2)11(14-5)9-10-13(3,4)15-6/h11-12,14H,7-10H2,1-6H3. The van der Waals surface area contributed by atoms with Crippen LogP contribution in [-0.2, 0) is 9.47 Å². The molecule has 3 heteroatoms. The van der Waals surface area contributed by atoms with Gasteiger partial charge in [-0.2, -0.15) is 0 Å². The van der Waals surface area contributed by atoms with Gasteiger partial charge in [0.05, 0.1) is 11.7 Å². The zero-order chi connectivity index (χ0) is 12.6. The number of ether oxygens (including phenoxy) is 2. The molecular weight excluding hydrogens is 202 g/mol. The van der Waals surface area contributed by atoms with E-state index in [4.69, 9.17) is 9.47 Å². The Morgan fingerprint density at radius 2 is 1.88 bits per heavy atom. The summed E-state index contributed by atoms with van der Waals surface area (Å²) in [5.74, 6) is 0. The highest BCUT2D eigenvalue weighted by Gasteiger charge is 2.23. The van der Waals surface area contributed by atoms with Gasteiger partial charge in [0.2, 0.25) is 0 Å². The maximum atomic E-state index is 5.74. The van der Waals surface area contributed by atoms with E-state index in [1.807, 2.05) is 7.05 Å². The molecule has 0 saturated heterocycles. The second kappa shape index (κ2) is 8.04. The van der Waals surface area contributed by atoms with Crippen molar-refractivity contribution in [1.82, 2.24) is 5.32 Å². The van der Waals surface area contributed by atoms with E-state index in [9.17, 15) is 0 Å². The molecule has 0 aromatic heterocycles. The summed E-state index contributed by atoms with van der Waals surface area (Å²) in [7, 11) is 3.78. The molecule has 0 spiro atoms. The molecule has 0 bridgehead atoms. The highest BCUT2D eigenvalue weighted by atomic mass is 16.5. The van der Waals surface area contributed by atoms with E-state index < -0.39 is 0 Å². The van der Waals surface area contributed by atoms with E-state index in [0.29, 0.717) is 12.1 Å². The van der Waals surface area contributed by atoms with Gasteiger partial charge in [-0.3, -0.25) is 0 Å². The van der Waals surface area contributed by atoms with E-state index in [2.05, 4.69) is 33.0 Å². The number of hydrogen-bond donors (Lipinski definition) is 1. The fourth-order valence-electron chi connectivity index (χ4n) is 1.85. The second-order valence-electron chi connectivity index (χ2n) is 4.80. The average molecular weight is 231 g/mol. The van der Waals surface area contributed by atoms with Crippen LogP contribution in [0.15, 0.2) is 0 Å². The van der Waals surface area contributed by atoms with Gasteiger partial charge in [-0.15, -0.1) is 0 Å². The Morgan fingerprint density at radius 3 is 2.25 bits per heavy atom. The molecule has 0 aliphatic rings. The fourth-order valence-corrected chi connectivity index (χ4v) is 1.85. The van der Waals surface area contributed by atoms with Crippen LogP contribution in [0, 0.1) is 0 Å². The predicted octanol–water partition coefficient (Wildman–Crippen LogP) is 2.59. The number of hydrogen-bond acceptors (Lipinski definition) is 3. The summed E-state index contributed by atoms with van der Waals surface area (Å²) >= 11 is 0. The Balaban J connectivity index is 4.17. The first kappa shape index (κ1) is 15.9. The SMILES string of the molecule is CCOC(CC)C(CCC(C)(C)OC)NC. The van der Waals surface area contributed by atoms with Crippen LogP contribution < -0.4 is 5.32 Å². The first-order chi connectivity index (χ1) is 7.50. The minimum Gasteiger partial charge on any atom is -0.379 e. The van der Waals surface area contributed by atoms with E-state index >= 15 is 0 Å². The largest absolute Gasteiger partial charge is 0.379 e. The molecule has 0 heterocycles. The first-order valence-corrected chi connectivity index (χ1v) is 6.34. The summed E-state index contributed by atoms with van der Waals surface area (Å²) in [5, 5.41) is 3.35. The molecule has 0 rings (SSSR count). The summed E-state index contributed by atoms with van der Waals surface area (Å²) in [6.07, 6.45) is 3.48. The van der Waals surface area contributed by atoms with Crippen molar-refractivity contribution in [2.24, 2.45) is 0 Å². The van der Waals surface area contributed by atoms with E-state index in [1.54, 1.807) is 7.11 Å². The van der Waals surface area contributed by atoms with Gasteiger partial charge in [0, 0.05) is 19.8 Å². The maximum Gasteiger partial charge on any atom is 0.0725 e. The average Bonchev–Trinajstić information content (AvgIpc) is 2.28. The lowest BCUT2D eigenvalue weighted by Gasteiger charge is -2.30. The molecule has 0 aliphatic carbocycles. The van der Waals surface area contributed by atoms with E-state index in [0.717, 1.165) is 25.9 Å². The summed E-state index contributed by atoms with van der Waals surface area (Å²) < 4.78 is 11.2. The maximum absolute atomic E-state index is 5.74. The Bertz CT molecular complexity index is 171. The van der Waals surface area contributed by atoms with Crippen LogP contribution in [0.25, 0.3) is 0 Å². The van der Waals surface area contributed by atoms with Crippen molar-refractivity contribution < 1.29 is 9.47 Å². The monoisotopic (exact) mass is 231 g/mol. The van der Waals surface area contributed by atoms with E-state index in [-0.39, 0.29) is 5.60 Å². The molecular formula is C13H29NO2. The fraction of sp³-hybridized carbons (Fsp3) is 1.00. The second-order valence-corrected chi connectivity index (χ2v) is 4.80. The molecule has 16 heavy (non-hydrogen) atoms. The topological polar surface area (TPSA) is 30.5 Å². The van der Waals surface area contributed by atoms with Crippen molar-refractivity contribution in [3.05, 3.63) is 0 Å². The molecule has 0 aromatic carbocycles. The highest BCUT2D eigenvalue weighted by Crippen LogP contribution is 2.19. The number of likely N-dealkylation sites (N-methyl/N-ethyl adjacent to an activating group) is 1. The summed E-state index contributed by atoms with van der Waals surface area (Å²) in [6, 6.07) is 0.416. The molecule has 0 radical (unpaired) electrons. The van der Waals surface area contributed by atoms with Crippen molar-refractivity contribution in [2.75, 3.05) is 20.8 Å². The number of rotatable bonds is 9. The summed E-state index contributed by atoms with van der Waals surface area (Å²) in [4.78, 5) is 0. The highest BCUT2D eigenvalue weighted by molar-refractivity contribution is 4.79. The Labute approximate surface area is 101 Å². The molecule has 0 aliphatic heterocycles. The van der Waals surface area contributed by atoms with Gasteiger partial charge in [-0.25, -0.2) is 0 Å². The third-order valence-corrected chi connectivity index (χ3v) is 3.21. The number of methoxy groups -OCH3 is 1. The van der Waals surface area contributed by atoms with Crippen molar-refractivity contribution in [2.45, 2.75) is 64.7 Å². The van der Waals surface area contributed by atoms with Gasteiger partial charge in [-0.1, -0.05) is 6.92 Å². The molecule has 2 atom stereocenters. The van der Waals surface area contributed by atoms with Crippen molar-refractivity contribution in [3.8, 4) is 0 Å². The Morgan fingerprint density at radius 1 is 1.25 bits per heavy atom. The molecule has 0 aromatic rings. The van der Waals surface area contributed by atoms with Gasteiger partial charge in [0.15, 0.2) is 0 Å². The van der Waals surface area contributed by atoms with Crippen molar-refractivity contribution in [3.63, 3.8) is 0 Å². The minimum absolute atomic E-state index is 0.0421. The smallest absolute Gasteiger partial charge is 0.0725 e. The third-order valence-electron chi connectivity index (χ3n) is 3.21. The van der Waals surface area contributed by atoms with Gasteiger partial charge in [-0.05, 0) is 47.1 Å².